The van der Waals surface area contributed by atoms with Gasteiger partial charge in [0, 0.05) is 28.2 Å². The number of fused-ring (bicyclic) bond motifs is 1. The van der Waals surface area contributed by atoms with Crippen molar-refractivity contribution in [3.8, 4) is 0 Å². The van der Waals surface area contributed by atoms with Crippen molar-refractivity contribution in [2.75, 3.05) is 10.5 Å². The van der Waals surface area contributed by atoms with Gasteiger partial charge in [0.05, 0.1) is 5.75 Å². The van der Waals surface area contributed by atoms with E-state index in [1.54, 1.807) is 30.3 Å². The van der Waals surface area contributed by atoms with Gasteiger partial charge < -0.3 is 10.3 Å². The molecule has 0 radical (unpaired) electrons. The Morgan fingerprint density at radius 2 is 1.86 bits per heavy atom. The first-order valence-corrected chi connectivity index (χ1v) is 11.5. The number of aromatic nitrogens is 1. The van der Waals surface area contributed by atoms with Gasteiger partial charge in [-0.3, -0.25) is 9.52 Å². The Labute approximate surface area is 175 Å². The molecular formula is C21H24ClN3O3S. The van der Waals surface area contributed by atoms with Crippen LogP contribution in [0.25, 0.3) is 10.9 Å². The third-order valence-corrected chi connectivity index (χ3v) is 6.32. The summed E-state index contributed by atoms with van der Waals surface area (Å²) in [5, 5.41) is 4.34. The molecular weight excluding hydrogens is 410 g/mol. The van der Waals surface area contributed by atoms with E-state index in [1.807, 2.05) is 26.0 Å². The van der Waals surface area contributed by atoms with Gasteiger partial charge in [0.15, 0.2) is 0 Å². The summed E-state index contributed by atoms with van der Waals surface area (Å²) in [6.07, 6.45) is 1.42. The minimum absolute atomic E-state index is 0.0893. The van der Waals surface area contributed by atoms with Crippen molar-refractivity contribution < 1.29 is 13.2 Å². The van der Waals surface area contributed by atoms with E-state index < -0.39 is 10.0 Å². The van der Waals surface area contributed by atoms with Crippen LogP contribution in [0.3, 0.4) is 0 Å². The number of hydrogen-bond acceptors (Lipinski definition) is 3. The summed E-state index contributed by atoms with van der Waals surface area (Å²) in [6.45, 7) is 4.17. The van der Waals surface area contributed by atoms with Crippen LogP contribution >= 0.6 is 11.6 Å². The molecule has 0 saturated carbocycles. The van der Waals surface area contributed by atoms with Crippen molar-refractivity contribution in [2.45, 2.75) is 33.2 Å². The summed E-state index contributed by atoms with van der Waals surface area (Å²) in [5.41, 5.74) is 3.43. The summed E-state index contributed by atoms with van der Waals surface area (Å²) >= 11 is 5.88. The van der Waals surface area contributed by atoms with Crippen LogP contribution in [0.15, 0.2) is 42.5 Å². The Morgan fingerprint density at radius 3 is 2.55 bits per heavy atom. The zero-order valence-electron chi connectivity index (χ0n) is 16.4. The van der Waals surface area contributed by atoms with Crippen LogP contribution in [0.1, 0.15) is 41.4 Å². The van der Waals surface area contributed by atoms with E-state index in [1.165, 1.54) is 0 Å². The number of carbonyl (C=O) groups excluding carboxylic acids is 1. The SMILES string of the molecule is CCCCS(=O)(=O)Nc1ccc2[nH]c(C(=O)NCc3ccc(Cl)cc3)c(C)c2c1. The fraction of sp³-hybridized carbons (Fsp3) is 0.286. The van der Waals surface area contributed by atoms with Crippen molar-refractivity contribution in [1.82, 2.24) is 10.3 Å². The number of sulfonamides is 1. The smallest absolute Gasteiger partial charge is 0.268 e. The van der Waals surface area contributed by atoms with Crippen LogP contribution in [-0.2, 0) is 16.6 Å². The van der Waals surface area contributed by atoms with Gasteiger partial charge in [0.1, 0.15) is 5.69 Å². The first-order chi connectivity index (χ1) is 13.8. The molecule has 29 heavy (non-hydrogen) atoms. The molecule has 8 heteroatoms. The number of aryl methyl sites for hydroxylation is 1. The van der Waals surface area contributed by atoms with Gasteiger partial charge in [0.25, 0.3) is 5.91 Å². The normalized spacial score (nSPS) is 11.6. The first kappa shape index (κ1) is 21.2. The third kappa shape index (κ3) is 5.31. The highest BCUT2D eigenvalue weighted by Gasteiger charge is 2.16. The lowest BCUT2D eigenvalue weighted by Crippen LogP contribution is -2.23. The monoisotopic (exact) mass is 433 g/mol. The zero-order valence-corrected chi connectivity index (χ0v) is 18.0. The molecule has 3 aromatic rings. The zero-order chi connectivity index (χ0) is 21.0. The number of rotatable bonds is 8. The summed E-state index contributed by atoms with van der Waals surface area (Å²) in [4.78, 5) is 15.8. The number of carbonyl (C=O) groups is 1. The number of aromatic amines is 1. The number of H-pyrrole nitrogens is 1. The van der Waals surface area contributed by atoms with E-state index in [2.05, 4.69) is 15.0 Å². The van der Waals surface area contributed by atoms with E-state index in [0.29, 0.717) is 29.4 Å². The molecule has 2 aromatic carbocycles. The predicted octanol–water partition coefficient (Wildman–Crippen LogP) is 4.60. The van der Waals surface area contributed by atoms with Gasteiger partial charge >= 0.3 is 0 Å². The summed E-state index contributed by atoms with van der Waals surface area (Å²) in [7, 11) is -3.38. The van der Waals surface area contributed by atoms with Crippen LogP contribution in [0, 0.1) is 6.92 Å². The number of benzene rings is 2. The average Bonchev–Trinajstić information content (AvgIpc) is 3.02. The van der Waals surface area contributed by atoms with Crippen LogP contribution in [0.5, 0.6) is 0 Å². The molecule has 0 saturated heterocycles. The third-order valence-electron chi connectivity index (χ3n) is 4.69. The number of anilines is 1. The molecule has 0 fully saturated rings. The number of amides is 1. The predicted molar refractivity (Wildman–Crippen MR) is 118 cm³/mol. The van der Waals surface area contributed by atoms with Crippen molar-refractivity contribution in [1.29, 1.82) is 0 Å². The quantitative estimate of drug-likeness (QED) is 0.484. The van der Waals surface area contributed by atoms with Gasteiger partial charge in [-0.05, 0) is 54.8 Å². The molecule has 0 atom stereocenters. The van der Waals surface area contributed by atoms with Gasteiger partial charge in [-0.25, -0.2) is 8.42 Å². The van der Waals surface area contributed by atoms with Crippen LogP contribution in [0.2, 0.25) is 5.02 Å². The molecule has 3 N–H and O–H groups in total. The average molecular weight is 434 g/mol. The molecule has 0 aliphatic rings. The van der Waals surface area contributed by atoms with Crippen molar-refractivity contribution in [2.24, 2.45) is 0 Å². The number of nitrogens with one attached hydrogen (secondary N) is 3. The highest BCUT2D eigenvalue weighted by Crippen LogP contribution is 2.26. The molecule has 1 amide bonds. The lowest BCUT2D eigenvalue weighted by Gasteiger charge is -2.07. The van der Waals surface area contributed by atoms with E-state index in [4.69, 9.17) is 11.6 Å². The molecule has 0 unspecified atom stereocenters. The van der Waals surface area contributed by atoms with Gasteiger partial charge in [-0.1, -0.05) is 37.1 Å². The van der Waals surface area contributed by atoms with Gasteiger partial charge in [-0.2, -0.15) is 0 Å². The number of hydrogen-bond donors (Lipinski definition) is 3. The highest BCUT2D eigenvalue weighted by molar-refractivity contribution is 7.92. The van der Waals surface area contributed by atoms with Crippen molar-refractivity contribution in [3.63, 3.8) is 0 Å². The molecule has 0 bridgehead atoms. The molecule has 6 nitrogen and oxygen atoms in total. The lowest BCUT2D eigenvalue weighted by molar-refractivity contribution is 0.0946. The molecule has 0 spiro atoms. The summed E-state index contributed by atoms with van der Waals surface area (Å²) in [5.74, 6) is -0.134. The van der Waals surface area contributed by atoms with Gasteiger partial charge in [0.2, 0.25) is 10.0 Å². The highest BCUT2D eigenvalue weighted by atomic mass is 35.5. The Morgan fingerprint density at radius 1 is 1.14 bits per heavy atom. The summed E-state index contributed by atoms with van der Waals surface area (Å²) in [6, 6.07) is 12.5. The Kier molecular flexibility index (Phi) is 6.49. The molecule has 0 aliphatic carbocycles. The second-order valence-corrected chi connectivity index (χ2v) is 9.25. The second-order valence-electron chi connectivity index (χ2n) is 6.97. The Hall–Kier alpha value is -2.51. The van der Waals surface area contributed by atoms with E-state index in [0.717, 1.165) is 28.5 Å². The van der Waals surface area contributed by atoms with Crippen LogP contribution < -0.4 is 10.0 Å². The molecule has 154 valence electrons. The van der Waals surface area contributed by atoms with Crippen molar-refractivity contribution in [3.05, 3.63) is 64.3 Å². The fourth-order valence-electron chi connectivity index (χ4n) is 3.06. The molecule has 1 aromatic heterocycles. The fourth-order valence-corrected chi connectivity index (χ4v) is 4.44. The molecule has 0 aliphatic heterocycles. The topological polar surface area (TPSA) is 91.1 Å². The van der Waals surface area contributed by atoms with E-state index in [-0.39, 0.29) is 11.7 Å². The standard InChI is InChI=1S/C21H24ClN3O3S/c1-3-4-11-29(27,28)25-17-9-10-19-18(12-17)14(2)20(24-19)21(26)23-13-15-5-7-16(22)8-6-15/h5-10,12,24-25H,3-4,11,13H2,1-2H3,(H,23,26). The maximum Gasteiger partial charge on any atom is 0.268 e. The maximum atomic E-state index is 12.6. The minimum atomic E-state index is -3.38. The summed E-state index contributed by atoms with van der Waals surface area (Å²) < 4.78 is 26.9. The first-order valence-electron chi connectivity index (χ1n) is 9.44. The lowest BCUT2D eigenvalue weighted by atomic mass is 10.1. The van der Waals surface area contributed by atoms with Crippen LogP contribution in [-0.4, -0.2) is 25.1 Å². The largest absolute Gasteiger partial charge is 0.350 e. The number of unbranched alkanes of at least 4 members (excludes halogenated alkanes) is 1. The van der Waals surface area contributed by atoms with Crippen molar-refractivity contribution >= 4 is 44.1 Å². The van der Waals surface area contributed by atoms with E-state index in [9.17, 15) is 13.2 Å². The van der Waals surface area contributed by atoms with Gasteiger partial charge in [-0.15, -0.1) is 0 Å². The van der Waals surface area contributed by atoms with Crippen LogP contribution in [0.4, 0.5) is 5.69 Å². The molecule has 3 rings (SSSR count). The maximum absolute atomic E-state index is 12.6. The Bertz CT molecular complexity index is 1120. The number of halogens is 1. The second kappa shape index (κ2) is 8.88. The Balaban J connectivity index is 1.76. The molecule has 1 heterocycles. The minimum Gasteiger partial charge on any atom is -0.350 e. The van der Waals surface area contributed by atoms with E-state index >= 15 is 0 Å².